The molecule has 1 aromatic heterocycles. The van der Waals surface area contributed by atoms with E-state index < -0.39 is 12.1 Å². The molecule has 18 heavy (non-hydrogen) atoms. The topological polar surface area (TPSA) is 79.8 Å². The van der Waals surface area contributed by atoms with Crippen molar-refractivity contribution in [1.82, 2.24) is 9.97 Å². The molecule has 0 aliphatic heterocycles. The first kappa shape index (κ1) is 14.3. The minimum Gasteiger partial charge on any atom is -0.480 e. The van der Waals surface area contributed by atoms with E-state index in [0.717, 1.165) is 0 Å². The summed E-state index contributed by atoms with van der Waals surface area (Å²) in [6.45, 7) is 1.50. The molecule has 0 N–H and O–H groups in total. The van der Waals surface area contributed by atoms with E-state index in [1.807, 2.05) is 0 Å². The molecule has 0 radical (unpaired) electrons. The average molecular weight is 277 g/mol. The van der Waals surface area contributed by atoms with Gasteiger partial charge in [-0.1, -0.05) is 11.6 Å². The average Bonchev–Trinajstić information content (AvgIpc) is 2.39. The van der Waals surface area contributed by atoms with Crippen LogP contribution in [0, 0.1) is 0 Å². The first-order valence-electron chi connectivity index (χ1n) is 4.93. The zero-order valence-corrected chi connectivity index (χ0v) is 11.1. The lowest BCUT2D eigenvalue weighted by atomic mass is 10.4. The monoisotopic (exact) mass is 276 g/mol. The Morgan fingerprint density at radius 3 is 2.06 bits per heavy atom. The smallest absolute Gasteiger partial charge is 0.346 e. The molecular weight excluding hydrogens is 264 g/mol. The molecule has 0 fully saturated rings. The van der Waals surface area contributed by atoms with Gasteiger partial charge in [0.1, 0.15) is 0 Å². The van der Waals surface area contributed by atoms with Gasteiger partial charge in [0.2, 0.25) is 11.8 Å². The van der Waals surface area contributed by atoms with Crippen LogP contribution in [0.5, 0.6) is 17.8 Å². The normalized spacial score (nSPS) is 11.6. The Kier molecular flexibility index (Phi) is 4.96. The van der Waals surface area contributed by atoms with Crippen LogP contribution < -0.4 is 14.2 Å². The second kappa shape index (κ2) is 6.25. The number of aromatic nitrogens is 2. The third kappa shape index (κ3) is 3.13. The first-order valence-corrected chi connectivity index (χ1v) is 5.31. The van der Waals surface area contributed by atoms with Crippen LogP contribution in [0.25, 0.3) is 0 Å². The van der Waals surface area contributed by atoms with Crippen LogP contribution in [-0.4, -0.2) is 43.4 Å². The zero-order valence-electron chi connectivity index (χ0n) is 10.4. The summed E-state index contributed by atoms with van der Waals surface area (Å²) in [7, 11) is 4.04. The van der Waals surface area contributed by atoms with E-state index in [1.54, 1.807) is 0 Å². The SMILES string of the molecule is COC(=O)C(C)Oc1nc(OC)c(Cl)c(OC)n1. The van der Waals surface area contributed by atoms with Crippen molar-refractivity contribution in [2.24, 2.45) is 0 Å². The van der Waals surface area contributed by atoms with Crippen molar-refractivity contribution >= 4 is 17.6 Å². The lowest BCUT2D eigenvalue weighted by Gasteiger charge is -2.13. The lowest BCUT2D eigenvalue weighted by Crippen LogP contribution is -2.25. The fourth-order valence-electron chi connectivity index (χ4n) is 1.08. The molecule has 7 nitrogen and oxygen atoms in total. The predicted molar refractivity (Wildman–Crippen MR) is 62.3 cm³/mol. The van der Waals surface area contributed by atoms with Crippen LogP contribution in [0.2, 0.25) is 5.02 Å². The minimum atomic E-state index is -0.856. The zero-order chi connectivity index (χ0) is 13.7. The number of carbonyl (C=O) groups is 1. The molecule has 0 amide bonds. The van der Waals surface area contributed by atoms with Gasteiger partial charge in [-0.05, 0) is 6.92 Å². The van der Waals surface area contributed by atoms with E-state index >= 15 is 0 Å². The fourth-order valence-corrected chi connectivity index (χ4v) is 1.32. The van der Waals surface area contributed by atoms with Gasteiger partial charge in [-0.3, -0.25) is 0 Å². The van der Waals surface area contributed by atoms with Crippen molar-refractivity contribution in [3.05, 3.63) is 5.02 Å². The molecule has 0 aliphatic rings. The second-order valence-electron chi connectivity index (χ2n) is 3.12. The van der Waals surface area contributed by atoms with Crippen LogP contribution in [0.15, 0.2) is 0 Å². The molecule has 0 bridgehead atoms. The summed E-state index contributed by atoms with van der Waals surface area (Å²) in [6, 6.07) is -0.0917. The highest BCUT2D eigenvalue weighted by molar-refractivity contribution is 6.33. The molecule has 0 aliphatic carbocycles. The molecule has 1 rings (SSSR count). The maximum atomic E-state index is 11.2. The third-order valence-corrected chi connectivity index (χ3v) is 2.30. The Bertz CT molecular complexity index is 415. The Hall–Kier alpha value is -1.76. The van der Waals surface area contributed by atoms with Crippen LogP contribution in [0.3, 0.4) is 0 Å². The van der Waals surface area contributed by atoms with E-state index in [0.29, 0.717) is 0 Å². The minimum absolute atomic E-state index is 0.0917. The molecule has 8 heteroatoms. The largest absolute Gasteiger partial charge is 0.480 e. The molecule has 1 aromatic rings. The van der Waals surface area contributed by atoms with Crippen LogP contribution >= 0.6 is 11.6 Å². The van der Waals surface area contributed by atoms with Gasteiger partial charge in [-0.25, -0.2) is 4.79 Å². The molecule has 1 atom stereocenters. The predicted octanol–water partition coefficient (Wildman–Crippen LogP) is 1.09. The molecule has 100 valence electrons. The Labute approximate surface area is 109 Å². The quantitative estimate of drug-likeness (QED) is 0.745. The van der Waals surface area contributed by atoms with Crippen molar-refractivity contribution in [2.75, 3.05) is 21.3 Å². The number of hydrogen-bond donors (Lipinski definition) is 0. The number of nitrogens with zero attached hydrogens (tertiary/aromatic N) is 2. The third-order valence-electron chi connectivity index (χ3n) is 1.97. The van der Waals surface area contributed by atoms with Crippen molar-refractivity contribution in [2.45, 2.75) is 13.0 Å². The van der Waals surface area contributed by atoms with E-state index in [1.165, 1.54) is 28.3 Å². The van der Waals surface area contributed by atoms with Crippen molar-refractivity contribution < 1.29 is 23.7 Å². The Morgan fingerprint density at radius 2 is 1.67 bits per heavy atom. The summed E-state index contributed by atoms with van der Waals surface area (Å²) in [5.74, 6) is -0.363. The number of ether oxygens (including phenoxy) is 4. The highest BCUT2D eigenvalue weighted by atomic mass is 35.5. The van der Waals surface area contributed by atoms with Gasteiger partial charge in [0.15, 0.2) is 11.1 Å². The number of rotatable bonds is 5. The Balaban J connectivity index is 2.99. The number of hydrogen-bond acceptors (Lipinski definition) is 7. The number of carbonyl (C=O) groups excluding carboxylic acids is 1. The standard InChI is InChI=1S/C10H13ClN2O5/c1-5(9(14)17-4)18-10-12-7(15-2)6(11)8(13-10)16-3/h5H,1-4H3. The van der Waals surface area contributed by atoms with Crippen LogP contribution in [0.1, 0.15) is 6.92 Å². The van der Waals surface area contributed by atoms with Crippen LogP contribution in [-0.2, 0) is 9.53 Å². The summed E-state index contributed by atoms with van der Waals surface area (Å²) in [5, 5.41) is 0.123. The van der Waals surface area contributed by atoms with E-state index in [4.69, 9.17) is 25.8 Å². The molecule has 0 spiro atoms. The highest BCUT2D eigenvalue weighted by Gasteiger charge is 2.20. The van der Waals surface area contributed by atoms with Gasteiger partial charge in [0, 0.05) is 0 Å². The van der Waals surface area contributed by atoms with E-state index in [-0.39, 0.29) is 22.8 Å². The van der Waals surface area contributed by atoms with Crippen LogP contribution in [0.4, 0.5) is 0 Å². The molecule has 1 unspecified atom stereocenters. The summed E-state index contributed by atoms with van der Waals surface area (Å²) in [5.41, 5.74) is 0. The number of methoxy groups -OCH3 is 3. The van der Waals surface area contributed by atoms with Gasteiger partial charge in [-0.15, -0.1) is 0 Å². The molecule has 1 heterocycles. The van der Waals surface area contributed by atoms with Crippen molar-refractivity contribution in [1.29, 1.82) is 0 Å². The molecule has 0 saturated carbocycles. The van der Waals surface area contributed by atoms with Crippen molar-refractivity contribution in [3.63, 3.8) is 0 Å². The number of esters is 1. The molecular formula is C10H13ClN2O5. The summed E-state index contributed by atoms with van der Waals surface area (Å²) >= 11 is 5.89. The molecule has 0 saturated heterocycles. The van der Waals surface area contributed by atoms with Gasteiger partial charge < -0.3 is 18.9 Å². The maximum Gasteiger partial charge on any atom is 0.346 e. The van der Waals surface area contributed by atoms with Gasteiger partial charge in [0.25, 0.3) is 0 Å². The summed E-state index contributed by atoms with van der Waals surface area (Å²) in [6.07, 6.45) is -0.856. The maximum absolute atomic E-state index is 11.2. The lowest BCUT2D eigenvalue weighted by molar-refractivity contribution is -0.148. The van der Waals surface area contributed by atoms with Gasteiger partial charge in [0.05, 0.1) is 21.3 Å². The van der Waals surface area contributed by atoms with E-state index in [9.17, 15) is 4.79 Å². The summed E-state index contributed by atoms with van der Waals surface area (Å²) < 4.78 is 19.6. The first-order chi connectivity index (χ1) is 8.53. The fraction of sp³-hybridized carbons (Fsp3) is 0.500. The Morgan fingerprint density at radius 1 is 1.17 bits per heavy atom. The van der Waals surface area contributed by atoms with Gasteiger partial charge in [-0.2, -0.15) is 9.97 Å². The summed E-state index contributed by atoms with van der Waals surface area (Å²) in [4.78, 5) is 19.0. The van der Waals surface area contributed by atoms with Crippen molar-refractivity contribution in [3.8, 4) is 17.8 Å². The second-order valence-corrected chi connectivity index (χ2v) is 3.50. The molecule has 0 aromatic carbocycles. The number of halogens is 1. The highest BCUT2D eigenvalue weighted by Crippen LogP contribution is 2.32. The van der Waals surface area contributed by atoms with E-state index in [2.05, 4.69) is 14.7 Å². The van der Waals surface area contributed by atoms with Gasteiger partial charge >= 0.3 is 12.0 Å².